The van der Waals surface area contributed by atoms with Crippen LogP contribution in [0.25, 0.3) is 0 Å². The van der Waals surface area contributed by atoms with Gasteiger partial charge in [0, 0.05) is 24.1 Å². The molecule has 0 aromatic heterocycles. The zero-order chi connectivity index (χ0) is 11.4. The molecular weight excluding hydrogens is 274 g/mol. The molecule has 2 nitrogen and oxygen atoms in total. The highest BCUT2D eigenvalue weighted by Gasteiger charge is 2.28. The van der Waals surface area contributed by atoms with E-state index in [0.717, 1.165) is 25.3 Å². The lowest BCUT2D eigenvalue weighted by Gasteiger charge is -2.33. The lowest BCUT2D eigenvalue weighted by Crippen LogP contribution is -2.46. The summed E-state index contributed by atoms with van der Waals surface area (Å²) in [7, 11) is 0. The minimum Gasteiger partial charge on any atom is -0.340 e. The van der Waals surface area contributed by atoms with Gasteiger partial charge in [-0.3, -0.25) is 4.79 Å². The second-order valence-corrected chi connectivity index (χ2v) is 6.73. The Bertz CT molecular complexity index is 223. The highest BCUT2D eigenvalue weighted by molar-refractivity contribution is 9.10. The molecule has 0 radical (unpaired) electrons. The van der Waals surface area contributed by atoms with Crippen LogP contribution in [0.3, 0.4) is 0 Å². The summed E-state index contributed by atoms with van der Waals surface area (Å²) in [6, 6.07) is 0. The highest BCUT2D eigenvalue weighted by atomic mass is 79.9. The Labute approximate surface area is 105 Å². The first kappa shape index (κ1) is 13.4. The fourth-order valence-electron chi connectivity index (χ4n) is 1.63. The van der Waals surface area contributed by atoms with Crippen LogP contribution in [0.1, 0.15) is 27.2 Å². The van der Waals surface area contributed by atoms with Gasteiger partial charge < -0.3 is 4.90 Å². The van der Waals surface area contributed by atoms with Crippen molar-refractivity contribution in [1.29, 1.82) is 0 Å². The van der Waals surface area contributed by atoms with Crippen molar-refractivity contribution in [3.8, 4) is 0 Å². The van der Waals surface area contributed by atoms with E-state index in [9.17, 15) is 4.79 Å². The van der Waals surface area contributed by atoms with Gasteiger partial charge in [0.2, 0.25) is 5.91 Å². The van der Waals surface area contributed by atoms with E-state index in [1.54, 1.807) is 0 Å². The normalized spacial score (nSPS) is 24.3. The first-order valence-electron chi connectivity index (χ1n) is 5.60. The summed E-state index contributed by atoms with van der Waals surface area (Å²) in [4.78, 5) is 14.1. The summed E-state index contributed by atoms with van der Waals surface area (Å²) in [6.07, 6.45) is 1.16. The Balaban J connectivity index is 2.52. The third-order valence-corrected chi connectivity index (χ3v) is 5.55. The predicted molar refractivity (Wildman–Crippen MR) is 70.7 cm³/mol. The molecular formula is C11H20BrNOS. The molecule has 0 saturated carbocycles. The van der Waals surface area contributed by atoms with Crippen molar-refractivity contribution in [2.45, 2.75) is 37.3 Å². The van der Waals surface area contributed by atoms with Gasteiger partial charge in [-0.1, -0.05) is 36.7 Å². The van der Waals surface area contributed by atoms with E-state index >= 15 is 0 Å². The molecule has 0 aromatic carbocycles. The van der Waals surface area contributed by atoms with E-state index in [-0.39, 0.29) is 10.7 Å². The van der Waals surface area contributed by atoms with Crippen LogP contribution in [-0.2, 0) is 4.79 Å². The third-order valence-electron chi connectivity index (χ3n) is 2.73. The number of thioether (sulfide) groups is 1. The van der Waals surface area contributed by atoms with Gasteiger partial charge in [-0.15, -0.1) is 0 Å². The van der Waals surface area contributed by atoms with Crippen molar-refractivity contribution >= 4 is 33.6 Å². The number of hydrogen-bond donors (Lipinski definition) is 0. The molecule has 1 amide bonds. The summed E-state index contributed by atoms with van der Waals surface area (Å²) in [5.74, 6) is 1.72. The van der Waals surface area contributed by atoms with Gasteiger partial charge in [-0.05, 0) is 12.3 Å². The van der Waals surface area contributed by atoms with E-state index in [4.69, 9.17) is 0 Å². The lowest BCUT2D eigenvalue weighted by atomic mass is 10.1. The van der Waals surface area contributed by atoms with Gasteiger partial charge in [-0.25, -0.2) is 0 Å². The van der Waals surface area contributed by atoms with E-state index in [1.165, 1.54) is 0 Å². The minimum atomic E-state index is -0.0156. The quantitative estimate of drug-likeness (QED) is 0.746. The smallest absolute Gasteiger partial charge is 0.236 e. The van der Waals surface area contributed by atoms with E-state index in [0.29, 0.717) is 11.2 Å². The minimum absolute atomic E-state index is 0.0156. The SMILES string of the molecule is CCC1CN(C(=O)C(Br)C(C)C)CCS1. The molecule has 0 aliphatic carbocycles. The molecule has 88 valence electrons. The average molecular weight is 294 g/mol. The maximum atomic E-state index is 12.1. The van der Waals surface area contributed by atoms with Gasteiger partial charge in [-0.2, -0.15) is 11.8 Å². The Hall–Kier alpha value is 0.300. The fraction of sp³-hybridized carbons (Fsp3) is 0.909. The van der Waals surface area contributed by atoms with E-state index < -0.39 is 0 Å². The van der Waals surface area contributed by atoms with Crippen molar-refractivity contribution in [3.05, 3.63) is 0 Å². The molecule has 0 N–H and O–H groups in total. The first-order valence-corrected chi connectivity index (χ1v) is 7.57. The molecule has 1 saturated heterocycles. The summed E-state index contributed by atoms with van der Waals surface area (Å²) in [6.45, 7) is 8.18. The van der Waals surface area contributed by atoms with Crippen molar-refractivity contribution in [3.63, 3.8) is 0 Å². The molecule has 1 aliphatic rings. The molecule has 0 bridgehead atoms. The van der Waals surface area contributed by atoms with Gasteiger partial charge in [0.1, 0.15) is 0 Å². The molecule has 0 aromatic rings. The van der Waals surface area contributed by atoms with Crippen LogP contribution in [0.15, 0.2) is 0 Å². The highest BCUT2D eigenvalue weighted by Crippen LogP contribution is 2.24. The Morgan fingerprint density at radius 1 is 1.60 bits per heavy atom. The van der Waals surface area contributed by atoms with Crippen LogP contribution in [0.5, 0.6) is 0 Å². The van der Waals surface area contributed by atoms with Crippen LogP contribution in [0.4, 0.5) is 0 Å². The number of alkyl halides is 1. The Morgan fingerprint density at radius 2 is 2.27 bits per heavy atom. The molecule has 1 heterocycles. The number of carbonyl (C=O) groups excluding carboxylic acids is 1. The number of halogens is 1. The number of amides is 1. The second-order valence-electron chi connectivity index (χ2n) is 4.33. The van der Waals surface area contributed by atoms with Crippen molar-refractivity contribution in [2.75, 3.05) is 18.8 Å². The topological polar surface area (TPSA) is 20.3 Å². The molecule has 1 rings (SSSR count). The Kier molecular flexibility index (Phi) is 5.47. The monoisotopic (exact) mass is 293 g/mol. The maximum absolute atomic E-state index is 12.1. The maximum Gasteiger partial charge on any atom is 0.236 e. The molecule has 2 unspecified atom stereocenters. The summed E-state index contributed by atoms with van der Waals surface area (Å²) in [5, 5.41) is 0.634. The standard InChI is InChI=1S/C11H20BrNOS/c1-4-9-7-13(5-6-15-9)11(14)10(12)8(2)3/h8-10H,4-7H2,1-3H3. The van der Waals surface area contributed by atoms with Gasteiger partial charge in [0.15, 0.2) is 0 Å². The largest absolute Gasteiger partial charge is 0.340 e. The van der Waals surface area contributed by atoms with Gasteiger partial charge in [0.05, 0.1) is 4.83 Å². The van der Waals surface area contributed by atoms with Crippen LogP contribution in [-0.4, -0.2) is 39.7 Å². The van der Waals surface area contributed by atoms with E-state index in [1.807, 2.05) is 16.7 Å². The fourth-order valence-corrected chi connectivity index (χ4v) is 3.10. The summed E-state index contributed by atoms with van der Waals surface area (Å²) < 4.78 is 0. The first-order chi connectivity index (χ1) is 7.06. The van der Waals surface area contributed by atoms with Crippen molar-refractivity contribution in [1.82, 2.24) is 4.90 Å². The zero-order valence-corrected chi connectivity index (χ0v) is 12.1. The third kappa shape index (κ3) is 3.66. The van der Waals surface area contributed by atoms with Crippen LogP contribution >= 0.6 is 27.7 Å². The van der Waals surface area contributed by atoms with Gasteiger partial charge in [0.25, 0.3) is 0 Å². The molecule has 1 aliphatic heterocycles. The second kappa shape index (κ2) is 6.14. The molecule has 15 heavy (non-hydrogen) atoms. The lowest BCUT2D eigenvalue weighted by molar-refractivity contribution is -0.131. The van der Waals surface area contributed by atoms with Crippen molar-refractivity contribution < 1.29 is 4.79 Å². The number of carbonyl (C=O) groups is 1. The summed E-state index contributed by atoms with van der Waals surface area (Å²) >= 11 is 5.48. The zero-order valence-electron chi connectivity index (χ0n) is 9.70. The molecule has 4 heteroatoms. The molecule has 2 atom stereocenters. The molecule has 0 spiro atoms. The number of hydrogen-bond acceptors (Lipinski definition) is 2. The van der Waals surface area contributed by atoms with Crippen LogP contribution < -0.4 is 0 Å². The van der Waals surface area contributed by atoms with Crippen molar-refractivity contribution in [2.24, 2.45) is 5.92 Å². The van der Waals surface area contributed by atoms with E-state index in [2.05, 4.69) is 36.7 Å². The van der Waals surface area contributed by atoms with Gasteiger partial charge >= 0.3 is 0 Å². The van der Waals surface area contributed by atoms with Crippen LogP contribution in [0, 0.1) is 5.92 Å². The molecule has 1 fully saturated rings. The Morgan fingerprint density at radius 3 is 2.80 bits per heavy atom. The predicted octanol–water partition coefficient (Wildman–Crippen LogP) is 2.76. The summed E-state index contributed by atoms with van der Waals surface area (Å²) in [5.41, 5.74) is 0. The number of nitrogens with zero attached hydrogens (tertiary/aromatic N) is 1. The van der Waals surface area contributed by atoms with Crippen LogP contribution in [0.2, 0.25) is 0 Å². The number of rotatable bonds is 3. The average Bonchev–Trinajstić information content (AvgIpc) is 2.27.